The number of benzene rings is 2. The third-order valence-electron chi connectivity index (χ3n) is 4.07. The van der Waals surface area contributed by atoms with Crippen molar-refractivity contribution in [2.45, 2.75) is 6.42 Å². The number of ketones is 1. The number of rotatable bonds is 4. The summed E-state index contributed by atoms with van der Waals surface area (Å²) in [7, 11) is 4.60. The van der Waals surface area contributed by atoms with Crippen LogP contribution in [0.5, 0.6) is 23.0 Å². The van der Waals surface area contributed by atoms with Gasteiger partial charge in [0.05, 0.1) is 21.3 Å². The van der Waals surface area contributed by atoms with Gasteiger partial charge >= 0.3 is 0 Å². The van der Waals surface area contributed by atoms with Crippen LogP contribution >= 0.6 is 0 Å². The summed E-state index contributed by atoms with van der Waals surface area (Å²) in [5.74, 6) is 1.55. The smallest absolute Gasteiger partial charge is 0.189 e. The van der Waals surface area contributed by atoms with Crippen LogP contribution < -0.4 is 14.2 Å². The van der Waals surface area contributed by atoms with E-state index in [1.54, 1.807) is 38.5 Å². The Kier molecular flexibility index (Phi) is 4.16. The molecule has 0 heterocycles. The number of Topliss-reactive ketones (excluding diaryl/α,β-unsaturated/α-hetero) is 1. The van der Waals surface area contributed by atoms with Crippen molar-refractivity contribution in [3.8, 4) is 23.0 Å². The summed E-state index contributed by atoms with van der Waals surface area (Å²) in [6.45, 7) is 0. The molecule has 0 bridgehead atoms. The van der Waals surface area contributed by atoms with Crippen LogP contribution in [0.3, 0.4) is 0 Å². The van der Waals surface area contributed by atoms with Crippen LogP contribution in [0.15, 0.2) is 35.9 Å². The molecule has 0 fully saturated rings. The molecule has 0 saturated heterocycles. The number of ether oxygens (including phenoxy) is 3. The highest BCUT2D eigenvalue weighted by molar-refractivity contribution is 6.16. The number of hydrogen-bond donors (Lipinski definition) is 1. The van der Waals surface area contributed by atoms with E-state index in [1.165, 1.54) is 7.11 Å². The Balaban J connectivity index is 1.98. The van der Waals surface area contributed by atoms with Crippen molar-refractivity contribution in [1.82, 2.24) is 0 Å². The Morgan fingerprint density at radius 1 is 0.958 bits per heavy atom. The van der Waals surface area contributed by atoms with Gasteiger partial charge in [-0.2, -0.15) is 0 Å². The van der Waals surface area contributed by atoms with Gasteiger partial charge in [0.1, 0.15) is 0 Å². The first kappa shape index (κ1) is 15.9. The van der Waals surface area contributed by atoms with E-state index >= 15 is 0 Å². The first-order valence-corrected chi connectivity index (χ1v) is 7.44. The highest BCUT2D eigenvalue weighted by atomic mass is 16.5. The molecule has 124 valence electrons. The standard InChI is InChI=1S/C19H18O5/c1-22-16-7-11(4-5-15(16)20)6-13-8-12-9-17(23-2)18(24-3)10-14(12)19(13)21/h4-7,9-10,20H,8H2,1-3H3/b13-6+. The molecule has 1 aliphatic rings. The minimum Gasteiger partial charge on any atom is -0.504 e. The van der Waals surface area contributed by atoms with Crippen LogP contribution in [0.2, 0.25) is 0 Å². The SMILES string of the molecule is COc1cc(/C=C2\Cc3cc(OC)c(OC)cc3C2=O)ccc1O. The van der Waals surface area contributed by atoms with Crippen LogP contribution in [0.4, 0.5) is 0 Å². The molecule has 0 aliphatic heterocycles. The predicted molar refractivity (Wildman–Crippen MR) is 90.2 cm³/mol. The van der Waals surface area contributed by atoms with Crippen LogP contribution in [0.1, 0.15) is 21.5 Å². The van der Waals surface area contributed by atoms with Crippen LogP contribution in [-0.4, -0.2) is 32.2 Å². The third kappa shape index (κ3) is 2.69. The maximum absolute atomic E-state index is 12.6. The van der Waals surface area contributed by atoms with Crippen molar-refractivity contribution in [1.29, 1.82) is 0 Å². The van der Waals surface area contributed by atoms with E-state index < -0.39 is 0 Å². The van der Waals surface area contributed by atoms with Gasteiger partial charge in [-0.15, -0.1) is 0 Å². The van der Waals surface area contributed by atoms with Gasteiger partial charge in [-0.3, -0.25) is 4.79 Å². The molecule has 1 aliphatic carbocycles. The van der Waals surface area contributed by atoms with Crippen molar-refractivity contribution in [3.63, 3.8) is 0 Å². The number of phenols is 1. The molecule has 0 saturated carbocycles. The molecule has 0 aromatic heterocycles. The summed E-state index contributed by atoms with van der Waals surface area (Å²) in [5.41, 5.74) is 3.01. The number of fused-ring (bicyclic) bond motifs is 1. The zero-order chi connectivity index (χ0) is 17.3. The summed E-state index contributed by atoms with van der Waals surface area (Å²) in [5, 5.41) is 9.66. The van der Waals surface area contributed by atoms with E-state index in [0.717, 1.165) is 11.1 Å². The first-order chi connectivity index (χ1) is 11.6. The van der Waals surface area contributed by atoms with Crippen molar-refractivity contribution in [2.75, 3.05) is 21.3 Å². The summed E-state index contributed by atoms with van der Waals surface area (Å²) < 4.78 is 15.7. The molecular formula is C19H18O5. The van der Waals surface area contributed by atoms with Crippen LogP contribution in [0.25, 0.3) is 6.08 Å². The lowest BCUT2D eigenvalue weighted by Gasteiger charge is -2.08. The Hall–Kier alpha value is -2.95. The zero-order valence-electron chi connectivity index (χ0n) is 13.8. The highest BCUT2D eigenvalue weighted by Gasteiger charge is 2.27. The molecule has 5 nitrogen and oxygen atoms in total. The second kappa shape index (κ2) is 6.28. The summed E-state index contributed by atoms with van der Waals surface area (Å²) in [6.07, 6.45) is 2.33. The van der Waals surface area contributed by atoms with Gasteiger partial charge in [0, 0.05) is 17.6 Å². The Morgan fingerprint density at radius 2 is 1.62 bits per heavy atom. The Labute approximate surface area is 140 Å². The molecule has 2 aromatic carbocycles. The third-order valence-corrected chi connectivity index (χ3v) is 4.07. The van der Waals surface area contributed by atoms with E-state index in [2.05, 4.69) is 0 Å². The van der Waals surface area contributed by atoms with Crippen molar-refractivity contribution in [2.24, 2.45) is 0 Å². The molecule has 0 radical (unpaired) electrons. The van der Waals surface area contributed by atoms with Gasteiger partial charge in [0.25, 0.3) is 0 Å². The lowest BCUT2D eigenvalue weighted by molar-refractivity contribution is 0.104. The van der Waals surface area contributed by atoms with E-state index in [1.807, 2.05) is 12.1 Å². The molecule has 3 rings (SSSR count). The lowest BCUT2D eigenvalue weighted by atomic mass is 10.1. The van der Waals surface area contributed by atoms with E-state index in [4.69, 9.17) is 14.2 Å². The summed E-state index contributed by atoms with van der Waals surface area (Å²) >= 11 is 0. The molecule has 2 aromatic rings. The molecule has 1 N–H and O–H groups in total. The van der Waals surface area contributed by atoms with Crippen LogP contribution in [-0.2, 0) is 6.42 Å². The topological polar surface area (TPSA) is 65.0 Å². The normalized spacial score (nSPS) is 14.6. The first-order valence-electron chi connectivity index (χ1n) is 7.44. The van der Waals surface area contributed by atoms with Gasteiger partial charge in [-0.25, -0.2) is 0 Å². The molecular weight excluding hydrogens is 308 g/mol. The highest BCUT2D eigenvalue weighted by Crippen LogP contribution is 2.37. The van der Waals surface area contributed by atoms with Crippen LogP contribution in [0, 0.1) is 0 Å². The largest absolute Gasteiger partial charge is 0.504 e. The zero-order valence-corrected chi connectivity index (χ0v) is 13.8. The maximum Gasteiger partial charge on any atom is 0.189 e. The van der Waals surface area contributed by atoms with E-state index in [-0.39, 0.29) is 11.5 Å². The number of hydrogen-bond acceptors (Lipinski definition) is 5. The van der Waals surface area contributed by atoms with Gasteiger partial charge in [0.15, 0.2) is 28.8 Å². The minimum atomic E-state index is -0.0296. The molecule has 5 heteroatoms. The molecule has 24 heavy (non-hydrogen) atoms. The second-order valence-corrected chi connectivity index (χ2v) is 5.47. The fourth-order valence-corrected chi connectivity index (χ4v) is 2.84. The van der Waals surface area contributed by atoms with Crippen molar-refractivity contribution < 1.29 is 24.1 Å². The number of carbonyl (C=O) groups excluding carboxylic acids is 1. The van der Waals surface area contributed by atoms with Crippen molar-refractivity contribution in [3.05, 3.63) is 52.6 Å². The number of phenolic OH excluding ortho intramolecular Hbond substituents is 1. The summed E-state index contributed by atoms with van der Waals surface area (Å²) in [4.78, 5) is 12.6. The van der Waals surface area contributed by atoms with Gasteiger partial charge in [-0.1, -0.05) is 6.07 Å². The fraction of sp³-hybridized carbons (Fsp3) is 0.211. The lowest BCUT2D eigenvalue weighted by Crippen LogP contribution is -1.97. The quantitative estimate of drug-likeness (QED) is 0.874. The monoisotopic (exact) mass is 326 g/mol. The fourth-order valence-electron chi connectivity index (χ4n) is 2.84. The number of aromatic hydroxyl groups is 1. The Morgan fingerprint density at radius 3 is 2.29 bits per heavy atom. The van der Waals surface area contributed by atoms with Crippen molar-refractivity contribution >= 4 is 11.9 Å². The molecule has 0 atom stereocenters. The molecule has 0 amide bonds. The molecule has 0 unspecified atom stereocenters. The van der Waals surface area contributed by atoms with Gasteiger partial charge < -0.3 is 19.3 Å². The number of allylic oxidation sites excluding steroid dienone is 1. The number of carbonyl (C=O) groups is 1. The number of methoxy groups -OCH3 is 3. The van der Waals surface area contributed by atoms with Gasteiger partial charge in [-0.05, 0) is 41.5 Å². The molecule has 0 spiro atoms. The average molecular weight is 326 g/mol. The van der Waals surface area contributed by atoms with E-state index in [9.17, 15) is 9.90 Å². The Bertz CT molecular complexity index is 836. The predicted octanol–water partition coefficient (Wildman–Crippen LogP) is 3.24. The van der Waals surface area contributed by atoms with E-state index in [0.29, 0.717) is 34.8 Å². The minimum absolute atomic E-state index is 0.0296. The summed E-state index contributed by atoms with van der Waals surface area (Å²) in [6, 6.07) is 8.53. The second-order valence-electron chi connectivity index (χ2n) is 5.47. The average Bonchev–Trinajstić information content (AvgIpc) is 2.90. The van der Waals surface area contributed by atoms with Gasteiger partial charge in [0.2, 0.25) is 0 Å². The maximum atomic E-state index is 12.6.